The summed E-state index contributed by atoms with van der Waals surface area (Å²) < 4.78 is 5.75. The number of nitro benzene ring substituents is 1. The van der Waals surface area contributed by atoms with Crippen LogP contribution in [0.25, 0.3) is 10.2 Å². The molecule has 2 rings (SSSR count). The number of ether oxygens (including phenoxy) is 1. The number of nitrogens with zero attached hydrogens (tertiary/aromatic N) is 2. The minimum absolute atomic E-state index is 0.0474. The quantitative estimate of drug-likeness (QED) is 0.494. The molecule has 0 radical (unpaired) electrons. The lowest BCUT2D eigenvalue weighted by Crippen LogP contribution is -2.06. The fourth-order valence-corrected chi connectivity index (χ4v) is 2.36. The number of nitro groups is 1. The molecule has 0 aliphatic rings. The summed E-state index contributed by atoms with van der Waals surface area (Å²) in [5, 5.41) is 14.2. The Hall–Kier alpha value is -1.73. The van der Waals surface area contributed by atoms with Crippen molar-refractivity contribution in [1.29, 1.82) is 0 Å². The van der Waals surface area contributed by atoms with Crippen LogP contribution in [0.4, 0.5) is 11.4 Å². The molecular formula is C11H13N3O3S. The van der Waals surface area contributed by atoms with Crippen LogP contribution in [-0.2, 0) is 4.74 Å². The van der Waals surface area contributed by atoms with Gasteiger partial charge in [0.2, 0.25) is 0 Å². The highest BCUT2D eigenvalue weighted by Gasteiger charge is 2.20. The number of nitrogens with one attached hydrogen (secondary N) is 1. The van der Waals surface area contributed by atoms with Gasteiger partial charge in [0.25, 0.3) is 0 Å². The molecule has 0 unspecified atom stereocenters. The van der Waals surface area contributed by atoms with E-state index < -0.39 is 0 Å². The predicted molar refractivity (Wildman–Crippen MR) is 71.3 cm³/mol. The van der Waals surface area contributed by atoms with Crippen LogP contribution >= 0.6 is 11.3 Å². The fourth-order valence-electron chi connectivity index (χ4n) is 1.68. The molecule has 96 valence electrons. The second-order valence-corrected chi connectivity index (χ2v) is 4.58. The van der Waals surface area contributed by atoms with Crippen molar-refractivity contribution in [2.24, 2.45) is 0 Å². The Morgan fingerprint density at radius 2 is 2.39 bits per heavy atom. The van der Waals surface area contributed by atoms with Crippen LogP contribution in [0.2, 0.25) is 0 Å². The number of hydrogen-bond donors (Lipinski definition) is 1. The van der Waals surface area contributed by atoms with Crippen molar-refractivity contribution < 1.29 is 9.66 Å². The number of rotatable bonds is 6. The summed E-state index contributed by atoms with van der Waals surface area (Å²) in [6, 6.07) is 3.57. The van der Waals surface area contributed by atoms with Crippen molar-refractivity contribution in [3.8, 4) is 0 Å². The maximum atomic E-state index is 11.1. The minimum atomic E-state index is -0.388. The largest absolute Gasteiger partial charge is 0.385 e. The second-order valence-electron chi connectivity index (χ2n) is 3.69. The molecule has 1 aromatic carbocycles. The molecule has 2 aromatic rings. The number of anilines is 1. The Balaban J connectivity index is 2.25. The van der Waals surface area contributed by atoms with Gasteiger partial charge in [-0.15, -0.1) is 11.3 Å². The van der Waals surface area contributed by atoms with Crippen molar-refractivity contribution in [3.63, 3.8) is 0 Å². The standard InChI is InChI=1S/C11H13N3O3S/c1-17-6-2-5-12-8-3-4-9-10(13-7-18-9)11(8)14(15)16/h3-4,7,12H,2,5-6H2,1H3. The molecule has 18 heavy (non-hydrogen) atoms. The zero-order chi connectivity index (χ0) is 13.0. The summed E-state index contributed by atoms with van der Waals surface area (Å²) in [6.45, 7) is 1.25. The summed E-state index contributed by atoms with van der Waals surface area (Å²) in [4.78, 5) is 14.8. The molecule has 6 nitrogen and oxygen atoms in total. The Bertz CT molecular complexity index is 555. The van der Waals surface area contributed by atoms with Gasteiger partial charge in [-0.2, -0.15) is 0 Å². The topological polar surface area (TPSA) is 77.3 Å². The molecule has 0 amide bonds. The highest BCUT2D eigenvalue weighted by atomic mass is 32.1. The summed E-state index contributed by atoms with van der Waals surface area (Å²) in [5.41, 5.74) is 2.62. The van der Waals surface area contributed by atoms with Gasteiger partial charge in [-0.1, -0.05) is 0 Å². The molecule has 1 aromatic heterocycles. The lowest BCUT2D eigenvalue weighted by Gasteiger charge is -2.06. The van der Waals surface area contributed by atoms with E-state index >= 15 is 0 Å². The average molecular weight is 267 g/mol. The third-order valence-corrected chi connectivity index (χ3v) is 3.29. The van der Waals surface area contributed by atoms with Crippen LogP contribution in [0.1, 0.15) is 6.42 Å². The van der Waals surface area contributed by atoms with Crippen LogP contribution in [0.15, 0.2) is 17.6 Å². The molecule has 0 bridgehead atoms. The number of thiazole rings is 1. The third kappa shape index (κ3) is 2.57. The van der Waals surface area contributed by atoms with Gasteiger partial charge in [0, 0.05) is 20.3 Å². The molecule has 0 aliphatic heterocycles. The van der Waals surface area contributed by atoms with Crippen LogP contribution in [0.3, 0.4) is 0 Å². The highest BCUT2D eigenvalue weighted by molar-refractivity contribution is 7.16. The van der Waals surface area contributed by atoms with E-state index in [1.807, 2.05) is 6.07 Å². The van der Waals surface area contributed by atoms with Crippen LogP contribution in [0, 0.1) is 10.1 Å². The van der Waals surface area contributed by atoms with E-state index in [2.05, 4.69) is 10.3 Å². The van der Waals surface area contributed by atoms with Gasteiger partial charge in [-0.3, -0.25) is 10.1 Å². The normalized spacial score (nSPS) is 10.7. The minimum Gasteiger partial charge on any atom is -0.385 e. The maximum absolute atomic E-state index is 11.1. The molecule has 0 saturated carbocycles. The molecule has 0 spiro atoms. The van der Waals surface area contributed by atoms with E-state index in [1.165, 1.54) is 11.3 Å². The van der Waals surface area contributed by atoms with Crippen LogP contribution in [0.5, 0.6) is 0 Å². The Labute approximate surface area is 108 Å². The lowest BCUT2D eigenvalue weighted by molar-refractivity contribution is -0.382. The summed E-state index contributed by atoms with van der Waals surface area (Å²) in [5.74, 6) is 0. The molecule has 0 saturated heterocycles. The number of aromatic nitrogens is 1. The fraction of sp³-hybridized carbons (Fsp3) is 0.364. The van der Waals surface area contributed by atoms with Crippen molar-refractivity contribution in [3.05, 3.63) is 27.8 Å². The highest BCUT2D eigenvalue weighted by Crippen LogP contribution is 2.34. The van der Waals surface area contributed by atoms with E-state index in [0.717, 1.165) is 11.1 Å². The summed E-state index contributed by atoms with van der Waals surface area (Å²) in [7, 11) is 1.63. The predicted octanol–water partition coefficient (Wildman–Crippen LogP) is 2.65. The Morgan fingerprint density at radius 1 is 1.56 bits per heavy atom. The summed E-state index contributed by atoms with van der Waals surface area (Å²) >= 11 is 1.40. The Kier molecular flexibility index (Phi) is 4.06. The smallest absolute Gasteiger partial charge is 0.319 e. The van der Waals surface area contributed by atoms with Gasteiger partial charge in [0.05, 0.1) is 15.1 Å². The second kappa shape index (κ2) is 5.74. The van der Waals surface area contributed by atoms with Crippen molar-refractivity contribution in [2.45, 2.75) is 6.42 Å². The van der Waals surface area contributed by atoms with Crippen molar-refractivity contribution in [1.82, 2.24) is 4.98 Å². The molecule has 7 heteroatoms. The van der Waals surface area contributed by atoms with Crippen molar-refractivity contribution in [2.75, 3.05) is 25.6 Å². The number of hydrogen-bond acceptors (Lipinski definition) is 6. The molecule has 0 fully saturated rings. The van der Waals surface area contributed by atoms with E-state index in [-0.39, 0.29) is 10.6 Å². The number of methoxy groups -OCH3 is 1. The first-order valence-electron chi connectivity index (χ1n) is 5.47. The van der Waals surface area contributed by atoms with E-state index in [9.17, 15) is 10.1 Å². The number of benzene rings is 1. The van der Waals surface area contributed by atoms with Gasteiger partial charge in [0.15, 0.2) is 5.52 Å². The first-order valence-corrected chi connectivity index (χ1v) is 6.35. The number of fused-ring (bicyclic) bond motifs is 1. The molecule has 0 atom stereocenters. The maximum Gasteiger partial charge on any atom is 0.319 e. The summed E-state index contributed by atoms with van der Waals surface area (Å²) in [6.07, 6.45) is 0.794. The van der Waals surface area contributed by atoms with Crippen LogP contribution < -0.4 is 5.32 Å². The van der Waals surface area contributed by atoms with Crippen molar-refractivity contribution >= 4 is 32.9 Å². The SMILES string of the molecule is COCCCNc1ccc2scnc2c1[N+](=O)[O-]. The first kappa shape index (κ1) is 12.7. The average Bonchev–Trinajstić information content (AvgIpc) is 2.81. The van der Waals surface area contributed by atoms with Gasteiger partial charge < -0.3 is 10.1 Å². The van der Waals surface area contributed by atoms with E-state index in [1.54, 1.807) is 18.7 Å². The zero-order valence-electron chi connectivity index (χ0n) is 9.88. The van der Waals surface area contributed by atoms with Gasteiger partial charge >= 0.3 is 5.69 Å². The first-order chi connectivity index (χ1) is 8.74. The third-order valence-electron chi connectivity index (χ3n) is 2.50. The molecular weight excluding hydrogens is 254 g/mol. The monoisotopic (exact) mass is 267 g/mol. The van der Waals surface area contributed by atoms with Gasteiger partial charge in [0.1, 0.15) is 5.69 Å². The van der Waals surface area contributed by atoms with E-state index in [4.69, 9.17) is 4.74 Å². The Morgan fingerprint density at radius 3 is 3.11 bits per heavy atom. The molecule has 1 heterocycles. The van der Waals surface area contributed by atoms with Gasteiger partial charge in [-0.05, 0) is 18.6 Å². The lowest BCUT2D eigenvalue weighted by atomic mass is 10.2. The molecule has 0 aliphatic carbocycles. The molecule has 1 N–H and O–H groups in total. The zero-order valence-corrected chi connectivity index (χ0v) is 10.7. The van der Waals surface area contributed by atoms with E-state index in [0.29, 0.717) is 24.4 Å². The van der Waals surface area contributed by atoms with Crippen LogP contribution in [-0.4, -0.2) is 30.2 Å². The van der Waals surface area contributed by atoms with Gasteiger partial charge in [-0.25, -0.2) is 4.98 Å².